The second-order valence-electron chi connectivity index (χ2n) is 16.3. The molecular weight excluding hydrogens is 916 g/mol. The lowest BCUT2D eigenvalue weighted by molar-refractivity contribution is -0.121. The molecule has 1 heterocycles. The van der Waals surface area contributed by atoms with Crippen molar-refractivity contribution in [3.63, 3.8) is 0 Å². The molecular formula is C36H80N12O12P4. The van der Waals surface area contributed by atoms with E-state index in [0.29, 0.717) is 78.0 Å². The van der Waals surface area contributed by atoms with Crippen LogP contribution in [-0.4, -0.2) is 217 Å². The van der Waals surface area contributed by atoms with Gasteiger partial charge in [0.1, 0.15) is 0 Å². The van der Waals surface area contributed by atoms with E-state index in [9.17, 15) is 57.0 Å². The first kappa shape index (κ1) is 60.3. The largest absolute Gasteiger partial charge is 0.356 e. The summed E-state index contributed by atoms with van der Waals surface area (Å²) in [7, 11) is -15.9. The van der Waals surface area contributed by atoms with Crippen LogP contribution in [0.3, 0.4) is 0 Å². The Morgan fingerprint density at radius 3 is 0.703 bits per heavy atom. The first-order valence-corrected chi connectivity index (χ1v) is 30.3. The molecule has 0 radical (unpaired) electrons. The Morgan fingerprint density at radius 2 is 0.547 bits per heavy atom. The van der Waals surface area contributed by atoms with E-state index in [2.05, 4.69) is 21.3 Å². The molecule has 24 nitrogen and oxygen atoms in total. The third kappa shape index (κ3) is 31.3. The van der Waals surface area contributed by atoms with Crippen LogP contribution in [0, 0.1) is 0 Å². The number of nitrogens with zero attached hydrogens (tertiary/aromatic N) is 4. The molecule has 4 unspecified atom stereocenters. The summed E-state index contributed by atoms with van der Waals surface area (Å²) in [5.41, 5.74) is 22.0. The maximum absolute atomic E-state index is 13.6. The highest BCUT2D eigenvalue weighted by atomic mass is 31.2. The Labute approximate surface area is 378 Å². The van der Waals surface area contributed by atoms with E-state index in [-0.39, 0.29) is 128 Å². The number of carbonyl (C=O) groups is 4. The molecule has 0 aromatic carbocycles. The zero-order valence-corrected chi connectivity index (χ0v) is 41.1. The molecule has 0 saturated carbocycles. The summed E-state index contributed by atoms with van der Waals surface area (Å²) in [5, 5.41) is 10.6. The fraction of sp³-hybridized carbons (Fsp3) is 0.889. The van der Waals surface area contributed by atoms with Crippen LogP contribution in [0.15, 0.2) is 0 Å². The molecule has 28 heteroatoms. The average molecular weight is 997 g/mol. The van der Waals surface area contributed by atoms with Gasteiger partial charge in [-0.1, -0.05) is 0 Å². The van der Waals surface area contributed by atoms with Crippen molar-refractivity contribution in [2.75, 3.05) is 155 Å². The predicted octanol–water partition coefficient (Wildman–Crippen LogP) is -2.46. The number of rotatable bonds is 32. The van der Waals surface area contributed by atoms with Gasteiger partial charge in [-0.05, 0) is 51.9 Å². The van der Waals surface area contributed by atoms with Gasteiger partial charge in [-0.3, -0.25) is 57.0 Å². The fourth-order valence-corrected chi connectivity index (χ4v) is 12.9. The van der Waals surface area contributed by atoms with Crippen LogP contribution in [0.2, 0.25) is 0 Å². The van der Waals surface area contributed by atoms with E-state index in [0.717, 1.165) is 0 Å². The second kappa shape index (κ2) is 32.9. The minimum Gasteiger partial charge on any atom is -0.356 e. The molecule has 1 saturated heterocycles. The molecule has 1 rings (SSSR count). The molecule has 0 spiro atoms. The summed E-state index contributed by atoms with van der Waals surface area (Å²) < 4.78 is 54.3. The standard InChI is InChI=1S/C36H80N12O12P4/c37-9-1-13-41-33(49)5-25-61(53,54)29-45-17-19-46(30-62(55,56)26-6-34(50)42-14-2-10-38)21-23-48(32-64(59,60)28-8-36(52)44-16-4-12-40)24-22-47(20-18-45)31-63(57,58)27-7-35(51)43-15-3-11-39/h1-32,37-40H2,(H,41,49)(H,42,50)(H,43,51)(H,44,52)(H,53,54)(H,55,56)(H,57,58)(H,59,60). The van der Waals surface area contributed by atoms with E-state index in [1.165, 1.54) is 0 Å². The Kier molecular flexibility index (Phi) is 31.0. The summed E-state index contributed by atoms with van der Waals surface area (Å²) >= 11 is 0. The van der Waals surface area contributed by atoms with Crippen molar-refractivity contribution in [1.29, 1.82) is 0 Å². The van der Waals surface area contributed by atoms with Gasteiger partial charge in [0, 0.05) is 129 Å². The predicted molar refractivity (Wildman–Crippen MR) is 250 cm³/mol. The SMILES string of the molecule is NCCCNC(=O)CCP(=O)(O)CN1CCN(CP(=O)(O)CCC(=O)NCCCN)CCN(CP(=O)(O)CCC(=O)NCCCN)CCN(CP(=O)(O)CCC(=O)NCCCN)CC1. The van der Waals surface area contributed by atoms with Gasteiger partial charge < -0.3 is 63.8 Å². The van der Waals surface area contributed by atoms with Gasteiger partial charge in [0.15, 0.2) is 0 Å². The Hall–Kier alpha value is -1.68. The van der Waals surface area contributed by atoms with Crippen LogP contribution in [0.4, 0.5) is 0 Å². The van der Waals surface area contributed by atoms with Crippen molar-refractivity contribution in [2.24, 2.45) is 22.9 Å². The molecule has 0 aromatic heterocycles. The first-order chi connectivity index (χ1) is 30.1. The lowest BCUT2D eigenvalue weighted by Crippen LogP contribution is -2.46. The Bertz CT molecular complexity index is 1350. The third-order valence-electron chi connectivity index (χ3n) is 10.2. The summed E-state index contributed by atoms with van der Waals surface area (Å²) in [6, 6.07) is 0. The van der Waals surface area contributed by atoms with Crippen LogP contribution in [-0.2, 0) is 37.4 Å². The number of amides is 4. The molecule has 0 aliphatic carbocycles. The lowest BCUT2D eigenvalue weighted by Gasteiger charge is -2.36. The molecule has 1 aliphatic heterocycles. The second-order valence-corrected chi connectivity index (χ2v) is 26.0. The average Bonchev–Trinajstić information content (AvgIpc) is 3.22. The van der Waals surface area contributed by atoms with Crippen molar-refractivity contribution in [2.45, 2.75) is 51.4 Å². The van der Waals surface area contributed by atoms with Crippen LogP contribution in [0.25, 0.3) is 0 Å². The molecule has 1 fully saturated rings. The number of nitrogens with one attached hydrogen (secondary N) is 4. The monoisotopic (exact) mass is 996 g/mol. The van der Waals surface area contributed by atoms with Gasteiger partial charge >= 0.3 is 0 Å². The molecule has 64 heavy (non-hydrogen) atoms. The van der Waals surface area contributed by atoms with Crippen LogP contribution in [0.5, 0.6) is 0 Å². The zero-order chi connectivity index (χ0) is 48.1. The van der Waals surface area contributed by atoms with Crippen molar-refractivity contribution in [3.8, 4) is 0 Å². The van der Waals surface area contributed by atoms with E-state index in [4.69, 9.17) is 22.9 Å². The number of nitrogens with two attached hydrogens (primary N) is 4. The molecule has 376 valence electrons. The summed E-state index contributed by atoms with van der Waals surface area (Å²) in [6.07, 6.45) is -1.41. The molecule has 0 bridgehead atoms. The highest BCUT2D eigenvalue weighted by molar-refractivity contribution is 7.58. The van der Waals surface area contributed by atoms with Crippen LogP contribution in [0.1, 0.15) is 51.4 Å². The van der Waals surface area contributed by atoms with Gasteiger partial charge in [-0.2, -0.15) is 0 Å². The van der Waals surface area contributed by atoms with E-state index in [1.54, 1.807) is 19.6 Å². The van der Waals surface area contributed by atoms with Gasteiger partial charge in [0.05, 0.1) is 25.1 Å². The molecule has 4 amide bonds. The van der Waals surface area contributed by atoms with E-state index >= 15 is 0 Å². The van der Waals surface area contributed by atoms with Gasteiger partial charge in [0.25, 0.3) is 0 Å². The maximum Gasteiger partial charge on any atom is 0.220 e. The molecule has 16 N–H and O–H groups in total. The van der Waals surface area contributed by atoms with Crippen molar-refractivity contribution >= 4 is 53.1 Å². The lowest BCUT2D eigenvalue weighted by atomic mass is 10.4. The maximum atomic E-state index is 13.6. The van der Waals surface area contributed by atoms with Gasteiger partial charge in [-0.25, -0.2) is 0 Å². The highest BCUT2D eigenvalue weighted by Crippen LogP contribution is 2.45. The fourth-order valence-electron chi connectivity index (χ4n) is 6.46. The van der Waals surface area contributed by atoms with Crippen molar-refractivity contribution in [1.82, 2.24) is 40.9 Å². The molecule has 0 aromatic rings. The summed E-state index contributed by atoms with van der Waals surface area (Å²) in [6.45, 7) is 3.41. The third-order valence-corrected chi connectivity index (χ3v) is 17.2. The summed E-state index contributed by atoms with van der Waals surface area (Å²) in [4.78, 5) is 101. The van der Waals surface area contributed by atoms with Crippen molar-refractivity contribution < 1.29 is 57.0 Å². The quantitative estimate of drug-likeness (QED) is 0.0246. The number of hydrogen-bond acceptors (Lipinski definition) is 16. The van der Waals surface area contributed by atoms with E-state index in [1.807, 2.05) is 0 Å². The minimum atomic E-state index is -3.99. The van der Waals surface area contributed by atoms with Gasteiger partial charge in [0.2, 0.25) is 53.1 Å². The Morgan fingerprint density at radius 1 is 0.375 bits per heavy atom. The first-order valence-electron chi connectivity index (χ1n) is 22.1. The van der Waals surface area contributed by atoms with E-state index < -0.39 is 53.1 Å². The van der Waals surface area contributed by atoms with Crippen LogP contribution < -0.4 is 44.2 Å². The van der Waals surface area contributed by atoms with Crippen LogP contribution >= 0.6 is 29.5 Å². The number of carbonyl (C=O) groups excluding carboxylic acids is 4. The Balaban J connectivity index is 3.43. The smallest absolute Gasteiger partial charge is 0.220 e. The minimum absolute atomic E-state index is 0.0815. The molecule has 4 atom stereocenters. The topological polar surface area (TPSA) is 383 Å². The number of hydrogen-bond donors (Lipinski definition) is 12. The highest BCUT2D eigenvalue weighted by Gasteiger charge is 2.31. The normalized spacial score (nSPS) is 19.1. The molecule has 1 aliphatic rings. The summed E-state index contributed by atoms with van der Waals surface area (Å²) in [5.74, 6) is -1.63. The van der Waals surface area contributed by atoms with Crippen molar-refractivity contribution in [3.05, 3.63) is 0 Å². The van der Waals surface area contributed by atoms with Gasteiger partial charge in [-0.15, -0.1) is 0 Å². The zero-order valence-electron chi connectivity index (χ0n) is 37.6.